The van der Waals surface area contributed by atoms with Crippen LogP contribution in [0, 0.1) is 13.8 Å². The van der Waals surface area contributed by atoms with Gasteiger partial charge in [0.25, 0.3) is 0 Å². The summed E-state index contributed by atoms with van der Waals surface area (Å²) in [6, 6.07) is 16.1. The molecule has 0 saturated carbocycles. The van der Waals surface area contributed by atoms with Crippen molar-refractivity contribution >= 4 is 39.1 Å². The van der Waals surface area contributed by atoms with Gasteiger partial charge in [0.2, 0.25) is 5.95 Å². The predicted molar refractivity (Wildman–Crippen MR) is 98.7 cm³/mol. The highest BCUT2D eigenvalue weighted by Gasteiger charge is 2.03. The van der Waals surface area contributed by atoms with E-state index in [4.69, 9.17) is 0 Å². The van der Waals surface area contributed by atoms with Crippen molar-refractivity contribution in [2.24, 2.45) is 0 Å². The fourth-order valence-corrected chi connectivity index (χ4v) is 2.46. The molecule has 116 valence electrons. The summed E-state index contributed by atoms with van der Waals surface area (Å²) in [5.41, 5.74) is 4.32. The Hall–Kier alpha value is -2.40. The van der Waals surface area contributed by atoms with Crippen molar-refractivity contribution < 1.29 is 0 Å². The number of halogens is 1. The number of nitrogens with zero attached hydrogens (tertiary/aromatic N) is 2. The highest BCUT2D eigenvalue weighted by atomic mass is 79.9. The van der Waals surface area contributed by atoms with E-state index in [0.717, 1.165) is 27.2 Å². The Morgan fingerprint density at radius 2 is 1.74 bits per heavy atom. The van der Waals surface area contributed by atoms with Crippen molar-refractivity contribution in [2.75, 3.05) is 10.6 Å². The van der Waals surface area contributed by atoms with Gasteiger partial charge in [0.05, 0.1) is 0 Å². The summed E-state index contributed by atoms with van der Waals surface area (Å²) in [6.07, 6.45) is 1.74. The maximum atomic E-state index is 4.50. The second-order valence-electron chi connectivity index (χ2n) is 5.35. The lowest BCUT2D eigenvalue weighted by molar-refractivity contribution is 1.16. The van der Waals surface area contributed by atoms with E-state index in [0.29, 0.717) is 5.95 Å². The molecule has 2 aromatic carbocycles. The zero-order chi connectivity index (χ0) is 16.2. The Kier molecular flexibility index (Phi) is 4.57. The summed E-state index contributed by atoms with van der Waals surface area (Å²) in [6.45, 7) is 4.11. The largest absolute Gasteiger partial charge is 0.340 e. The normalized spacial score (nSPS) is 10.4. The van der Waals surface area contributed by atoms with Crippen LogP contribution in [0.4, 0.5) is 23.1 Å². The van der Waals surface area contributed by atoms with Gasteiger partial charge in [-0.15, -0.1) is 0 Å². The van der Waals surface area contributed by atoms with Crippen LogP contribution in [-0.2, 0) is 0 Å². The molecule has 0 saturated heterocycles. The molecule has 4 nitrogen and oxygen atoms in total. The van der Waals surface area contributed by atoms with Gasteiger partial charge < -0.3 is 10.6 Å². The summed E-state index contributed by atoms with van der Waals surface area (Å²) in [5, 5.41) is 6.52. The smallest absolute Gasteiger partial charge is 0.229 e. The third-order valence-corrected chi connectivity index (χ3v) is 4.25. The second kappa shape index (κ2) is 6.79. The van der Waals surface area contributed by atoms with E-state index in [1.165, 1.54) is 5.56 Å². The monoisotopic (exact) mass is 368 g/mol. The van der Waals surface area contributed by atoms with E-state index in [9.17, 15) is 0 Å². The van der Waals surface area contributed by atoms with Crippen LogP contribution >= 0.6 is 15.9 Å². The van der Waals surface area contributed by atoms with Crippen molar-refractivity contribution in [1.82, 2.24) is 9.97 Å². The fourth-order valence-electron chi connectivity index (χ4n) is 2.21. The molecule has 0 aliphatic rings. The average Bonchev–Trinajstić information content (AvgIpc) is 2.51. The minimum Gasteiger partial charge on any atom is -0.340 e. The van der Waals surface area contributed by atoms with Crippen LogP contribution in [0.25, 0.3) is 0 Å². The molecule has 23 heavy (non-hydrogen) atoms. The maximum absolute atomic E-state index is 4.50. The zero-order valence-electron chi connectivity index (χ0n) is 13.0. The van der Waals surface area contributed by atoms with Crippen LogP contribution in [0.1, 0.15) is 11.1 Å². The molecule has 1 heterocycles. The van der Waals surface area contributed by atoms with Gasteiger partial charge in [0, 0.05) is 22.0 Å². The quantitative estimate of drug-likeness (QED) is 0.652. The number of hydrogen-bond acceptors (Lipinski definition) is 4. The minimum atomic E-state index is 0.560. The standard InChI is InChI=1S/C18H17BrN4/c1-12-4-3-5-14(10-12)21-17-8-9-20-18(23-17)22-15-6-7-16(19)13(2)11-15/h3-11H,1-2H3,(H2,20,21,22,23). The molecule has 2 N–H and O–H groups in total. The molecule has 0 spiro atoms. The van der Waals surface area contributed by atoms with E-state index >= 15 is 0 Å². The summed E-state index contributed by atoms with van der Waals surface area (Å²) < 4.78 is 1.08. The van der Waals surface area contributed by atoms with Gasteiger partial charge in [0.15, 0.2) is 0 Å². The van der Waals surface area contributed by atoms with Gasteiger partial charge in [-0.05, 0) is 61.4 Å². The van der Waals surface area contributed by atoms with Crippen molar-refractivity contribution in [1.29, 1.82) is 0 Å². The molecule has 0 bridgehead atoms. The molecule has 0 aliphatic heterocycles. The summed E-state index contributed by atoms with van der Waals surface area (Å²) in [4.78, 5) is 8.77. The molecular formula is C18H17BrN4. The maximum Gasteiger partial charge on any atom is 0.229 e. The first-order valence-corrected chi connectivity index (χ1v) is 8.09. The van der Waals surface area contributed by atoms with Crippen LogP contribution in [-0.4, -0.2) is 9.97 Å². The Bertz CT molecular complexity index is 833. The van der Waals surface area contributed by atoms with Crippen molar-refractivity contribution in [2.45, 2.75) is 13.8 Å². The van der Waals surface area contributed by atoms with E-state index in [1.54, 1.807) is 6.20 Å². The first-order chi connectivity index (χ1) is 11.1. The Labute approximate surface area is 144 Å². The average molecular weight is 369 g/mol. The number of aromatic nitrogens is 2. The molecule has 0 unspecified atom stereocenters. The molecule has 0 amide bonds. The van der Waals surface area contributed by atoms with E-state index < -0.39 is 0 Å². The summed E-state index contributed by atoms with van der Waals surface area (Å²) in [5.74, 6) is 1.31. The molecule has 3 aromatic rings. The number of benzene rings is 2. The SMILES string of the molecule is Cc1cccc(Nc2ccnc(Nc3ccc(Br)c(C)c3)n2)c1. The van der Waals surface area contributed by atoms with Crippen LogP contribution in [0.5, 0.6) is 0 Å². The fraction of sp³-hybridized carbons (Fsp3) is 0.111. The predicted octanol–water partition coefficient (Wildman–Crippen LogP) is 5.34. The number of rotatable bonds is 4. The first kappa shape index (κ1) is 15.5. The molecule has 0 aliphatic carbocycles. The van der Waals surface area contributed by atoms with Crippen LogP contribution in [0.2, 0.25) is 0 Å². The van der Waals surface area contributed by atoms with Gasteiger partial charge in [-0.25, -0.2) is 4.98 Å². The van der Waals surface area contributed by atoms with Gasteiger partial charge in [-0.1, -0.05) is 28.1 Å². The topological polar surface area (TPSA) is 49.8 Å². The van der Waals surface area contributed by atoms with Crippen molar-refractivity contribution in [3.63, 3.8) is 0 Å². The lowest BCUT2D eigenvalue weighted by atomic mass is 10.2. The van der Waals surface area contributed by atoms with E-state index in [-0.39, 0.29) is 0 Å². The Morgan fingerprint density at radius 3 is 2.52 bits per heavy atom. The minimum absolute atomic E-state index is 0.560. The van der Waals surface area contributed by atoms with Crippen LogP contribution in [0.15, 0.2) is 59.2 Å². The molecule has 5 heteroatoms. The first-order valence-electron chi connectivity index (χ1n) is 7.30. The van der Waals surface area contributed by atoms with Gasteiger partial charge in [-0.3, -0.25) is 0 Å². The molecule has 3 rings (SSSR count). The highest BCUT2D eigenvalue weighted by Crippen LogP contribution is 2.22. The lowest BCUT2D eigenvalue weighted by Gasteiger charge is -2.09. The highest BCUT2D eigenvalue weighted by molar-refractivity contribution is 9.10. The number of nitrogens with one attached hydrogen (secondary N) is 2. The van der Waals surface area contributed by atoms with Crippen molar-refractivity contribution in [3.05, 3.63) is 70.3 Å². The van der Waals surface area contributed by atoms with Crippen LogP contribution in [0.3, 0.4) is 0 Å². The third-order valence-electron chi connectivity index (χ3n) is 3.36. The number of hydrogen-bond donors (Lipinski definition) is 2. The van der Waals surface area contributed by atoms with E-state index in [2.05, 4.69) is 55.6 Å². The van der Waals surface area contributed by atoms with E-state index in [1.807, 2.05) is 43.3 Å². The lowest BCUT2D eigenvalue weighted by Crippen LogP contribution is -2.00. The molecule has 0 atom stereocenters. The molecule has 0 radical (unpaired) electrons. The molecule has 0 fully saturated rings. The Morgan fingerprint density at radius 1 is 0.913 bits per heavy atom. The number of anilines is 4. The van der Waals surface area contributed by atoms with Crippen LogP contribution < -0.4 is 10.6 Å². The molecular weight excluding hydrogens is 352 g/mol. The Balaban J connectivity index is 1.78. The number of aryl methyl sites for hydroxylation is 2. The summed E-state index contributed by atoms with van der Waals surface area (Å²) >= 11 is 3.50. The second-order valence-corrected chi connectivity index (χ2v) is 6.20. The van der Waals surface area contributed by atoms with Gasteiger partial charge in [0.1, 0.15) is 5.82 Å². The van der Waals surface area contributed by atoms with Gasteiger partial charge in [-0.2, -0.15) is 4.98 Å². The summed E-state index contributed by atoms with van der Waals surface area (Å²) in [7, 11) is 0. The van der Waals surface area contributed by atoms with Gasteiger partial charge >= 0.3 is 0 Å². The third kappa shape index (κ3) is 4.07. The van der Waals surface area contributed by atoms with Crippen molar-refractivity contribution in [3.8, 4) is 0 Å². The molecule has 1 aromatic heterocycles. The zero-order valence-corrected chi connectivity index (χ0v) is 14.6.